The highest BCUT2D eigenvalue weighted by molar-refractivity contribution is 6.07. The van der Waals surface area contributed by atoms with Gasteiger partial charge >= 0.3 is 5.97 Å². The number of ether oxygens (including phenoxy) is 1. The number of carboxylic acid groups (broad SMARTS) is 1. The Hall–Kier alpha value is -2.34. The molecular weight excluding hydrogens is 296 g/mol. The molecule has 0 aliphatic rings. The average molecular weight is 318 g/mol. The maximum Gasteiger partial charge on any atom is 0.326 e. The number of fused-ring (bicyclic) bond motifs is 1. The number of hydrogen-bond donors (Lipinski definition) is 2. The van der Waals surface area contributed by atoms with Crippen molar-refractivity contribution in [1.29, 1.82) is 0 Å². The summed E-state index contributed by atoms with van der Waals surface area (Å²) in [5, 5.41) is 12.6. The van der Waals surface area contributed by atoms with Crippen LogP contribution in [0.5, 0.6) is 0 Å². The van der Waals surface area contributed by atoms with E-state index in [2.05, 4.69) is 5.32 Å². The van der Waals surface area contributed by atoms with E-state index in [4.69, 9.17) is 4.74 Å². The van der Waals surface area contributed by atoms with E-state index in [1.54, 1.807) is 27.2 Å². The fourth-order valence-electron chi connectivity index (χ4n) is 2.53. The van der Waals surface area contributed by atoms with E-state index in [1.165, 1.54) is 0 Å². The largest absolute Gasteiger partial charge is 0.480 e. The Labute approximate surface area is 135 Å². The number of hydrogen-bond acceptors (Lipinski definition) is 3. The zero-order valence-electron chi connectivity index (χ0n) is 13.6. The lowest BCUT2D eigenvalue weighted by molar-refractivity contribution is -0.140. The van der Waals surface area contributed by atoms with Gasteiger partial charge in [-0.3, -0.25) is 4.79 Å². The van der Waals surface area contributed by atoms with E-state index in [0.717, 1.165) is 10.9 Å². The van der Waals surface area contributed by atoms with Crippen molar-refractivity contribution in [2.75, 3.05) is 13.7 Å². The van der Waals surface area contributed by atoms with Gasteiger partial charge in [0.15, 0.2) is 0 Å². The molecule has 0 spiro atoms. The number of nitrogens with zero attached hydrogens (tertiary/aromatic N) is 1. The summed E-state index contributed by atoms with van der Waals surface area (Å²) in [5.41, 5.74) is 1.40. The van der Waals surface area contributed by atoms with Crippen molar-refractivity contribution < 1.29 is 19.4 Å². The van der Waals surface area contributed by atoms with Crippen LogP contribution >= 0.6 is 0 Å². The van der Waals surface area contributed by atoms with Crippen molar-refractivity contribution in [2.24, 2.45) is 5.92 Å². The number of nitrogens with one attached hydrogen (secondary N) is 1. The number of carbonyl (C=O) groups is 2. The molecule has 0 unspecified atom stereocenters. The number of aromatic nitrogens is 1. The van der Waals surface area contributed by atoms with E-state index in [1.807, 2.05) is 28.8 Å². The third kappa shape index (κ3) is 3.71. The second-order valence-electron chi connectivity index (χ2n) is 5.78. The SMILES string of the molecule is COCCn1cc(C(=O)N[C@H](C(=O)O)C(C)C)c2ccccc21. The summed E-state index contributed by atoms with van der Waals surface area (Å²) >= 11 is 0. The highest BCUT2D eigenvalue weighted by atomic mass is 16.5. The first kappa shape index (κ1) is 17.0. The van der Waals surface area contributed by atoms with Crippen molar-refractivity contribution in [3.05, 3.63) is 36.0 Å². The van der Waals surface area contributed by atoms with Gasteiger partial charge in [0.25, 0.3) is 5.91 Å². The number of carboxylic acids is 1. The molecule has 23 heavy (non-hydrogen) atoms. The topological polar surface area (TPSA) is 80.6 Å². The molecular formula is C17H22N2O4. The van der Waals surface area contributed by atoms with Crippen LogP contribution in [0.3, 0.4) is 0 Å². The highest BCUT2D eigenvalue weighted by Gasteiger charge is 2.25. The molecule has 2 rings (SSSR count). The predicted molar refractivity (Wildman–Crippen MR) is 87.5 cm³/mol. The summed E-state index contributed by atoms with van der Waals surface area (Å²) < 4.78 is 7.04. The van der Waals surface area contributed by atoms with Crippen LogP contribution < -0.4 is 5.32 Å². The Bertz CT molecular complexity index is 706. The molecule has 6 nitrogen and oxygen atoms in total. The minimum Gasteiger partial charge on any atom is -0.480 e. The molecule has 6 heteroatoms. The molecule has 0 bridgehead atoms. The molecule has 0 saturated carbocycles. The summed E-state index contributed by atoms with van der Waals surface area (Å²) in [6.07, 6.45) is 1.75. The lowest BCUT2D eigenvalue weighted by atomic mass is 10.0. The van der Waals surface area contributed by atoms with Gasteiger partial charge in [-0.1, -0.05) is 32.0 Å². The number of methoxy groups -OCH3 is 1. The Morgan fingerprint density at radius 2 is 2.00 bits per heavy atom. The van der Waals surface area contributed by atoms with Crippen LogP contribution in [-0.4, -0.2) is 41.3 Å². The van der Waals surface area contributed by atoms with E-state index in [-0.39, 0.29) is 11.8 Å². The first-order chi connectivity index (χ1) is 11.0. The van der Waals surface area contributed by atoms with Gasteiger partial charge in [0.05, 0.1) is 12.2 Å². The fraction of sp³-hybridized carbons (Fsp3) is 0.412. The van der Waals surface area contributed by atoms with Gasteiger partial charge in [0.2, 0.25) is 0 Å². The Kier molecular flexibility index (Phi) is 5.39. The molecule has 0 radical (unpaired) electrons. The average Bonchev–Trinajstić information content (AvgIpc) is 2.88. The van der Waals surface area contributed by atoms with Crippen molar-refractivity contribution in [1.82, 2.24) is 9.88 Å². The molecule has 1 aromatic carbocycles. The Morgan fingerprint density at radius 1 is 1.30 bits per heavy atom. The fourth-order valence-corrected chi connectivity index (χ4v) is 2.53. The van der Waals surface area contributed by atoms with Crippen molar-refractivity contribution >= 4 is 22.8 Å². The molecule has 2 N–H and O–H groups in total. The lowest BCUT2D eigenvalue weighted by Gasteiger charge is -2.17. The molecule has 124 valence electrons. The molecule has 0 aliphatic heterocycles. The number of amides is 1. The van der Waals surface area contributed by atoms with Crippen LogP contribution in [-0.2, 0) is 16.1 Å². The van der Waals surface area contributed by atoms with Gasteiger partial charge < -0.3 is 19.7 Å². The minimum absolute atomic E-state index is 0.196. The minimum atomic E-state index is -1.03. The molecule has 0 saturated heterocycles. The smallest absolute Gasteiger partial charge is 0.326 e. The standard InChI is InChI=1S/C17H22N2O4/c1-11(2)15(17(21)22)18-16(20)13-10-19(8-9-23-3)14-7-5-4-6-12(13)14/h4-7,10-11,15H,8-9H2,1-3H3,(H,18,20)(H,21,22)/t15-/m0/s1. The van der Waals surface area contributed by atoms with Crippen molar-refractivity contribution in [3.63, 3.8) is 0 Å². The third-order valence-corrected chi connectivity index (χ3v) is 3.79. The van der Waals surface area contributed by atoms with Crippen LogP contribution in [0.25, 0.3) is 10.9 Å². The third-order valence-electron chi connectivity index (χ3n) is 3.79. The molecule has 0 fully saturated rings. The quantitative estimate of drug-likeness (QED) is 0.819. The molecule has 1 aromatic heterocycles. The molecule has 2 aromatic rings. The molecule has 1 atom stereocenters. The van der Waals surface area contributed by atoms with Gasteiger partial charge in [0.1, 0.15) is 6.04 Å². The maximum absolute atomic E-state index is 12.5. The predicted octanol–water partition coefficient (Wildman–Crippen LogP) is 2.13. The van der Waals surface area contributed by atoms with Crippen LogP contribution in [0.1, 0.15) is 24.2 Å². The van der Waals surface area contributed by atoms with Gasteiger partial charge in [-0.15, -0.1) is 0 Å². The number of carbonyl (C=O) groups excluding carboxylic acids is 1. The van der Waals surface area contributed by atoms with E-state index in [9.17, 15) is 14.7 Å². The van der Waals surface area contributed by atoms with E-state index in [0.29, 0.717) is 18.7 Å². The summed E-state index contributed by atoms with van der Waals surface area (Å²) in [6, 6.07) is 6.64. The number of aliphatic carboxylic acids is 1. The molecule has 0 aliphatic carbocycles. The van der Waals surface area contributed by atoms with E-state index >= 15 is 0 Å². The number of benzene rings is 1. The van der Waals surface area contributed by atoms with Gasteiger partial charge in [0, 0.05) is 30.8 Å². The van der Waals surface area contributed by atoms with Crippen LogP contribution in [0.4, 0.5) is 0 Å². The van der Waals surface area contributed by atoms with Gasteiger partial charge in [-0.05, 0) is 12.0 Å². The lowest BCUT2D eigenvalue weighted by Crippen LogP contribution is -2.44. The van der Waals surface area contributed by atoms with Gasteiger partial charge in [-0.25, -0.2) is 4.79 Å². The monoisotopic (exact) mass is 318 g/mol. The summed E-state index contributed by atoms with van der Waals surface area (Å²) in [7, 11) is 1.62. The van der Waals surface area contributed by atoms with Crippen LogP contribution in [0.2, 0.25) is 0 Å². The first-order valence-electron chi connectivity index (χ1n) is 7.56. The van der Waals surface area contributed by atoms with E-state index < -0.39 is 12.0 Å². The maximum atomic E-state index is 12.5. The second-order valence-corrected chi connectivity index (χ2v) is 5.78. The zero-order valence-corrected chi connectivity index (χ0v) is 13.6. The first-order valence-corrected chi connectivity index (χ1v) is 7.56. The second kappa shape index (κ2) is 7.28. The molecule has 1 heterocycles. The Morgan fingerprint density at radius 3 is 2.61 bits per heavy atom. The summed E-state index contributed by atoms with van der Waals surface area (Å²) in [6.45, 7) is 4.68. The summed E-state index contributed by atoms with van der Waals surface area (Å²) in [5.74, 6) is -1.60. The highest BCUT2D eigenvalue weighted by Crippen LogP contribution is 2.21. The summed E-state index contributed by atoms with van der Waals surface area (Å²) in [4.78, 5) is 23.8. The van der Waals surface area contributed by atoms with Crippen molar-refractivity contribution in [3.8, 4) is 0 Å². The van der Waals surface area contributed by atoms with Crippen molar-refractivity contribution in [2.45, 2.75) is 26.4 Å². The number of rotatable bonds is 7. The van der Waals surface area contributed by atoms with Gasteiger partial charge in [-0.2, -0.15) is 0 Å². The van der Waals surface area contributed by atoms with Crippen LogP contribution in [0.15, 0.2) is 30.5 Å². The zero-order chi connectivity index (χ0) is 17.0. The normalized spacial score (nSPS) is 12.5. The number of para-hydroxylation sites is 1. The molecule has 1 amide bonds. The van der Waals surface area contributed by atoms with Crippen LogP contribution in [0, 0.1) is 5.92 Å². The Balaban J connectivity index is 2.35.